The number of carbonyl (C=O) groups is 1. The molecule has 1 aromatic heterocycles. The molecule has 9 heteroatoms. The molecule has 1 aliphatic heterocycles. The van der Waals surface area contributed by atoms with E-state index in [0.717, 1.165) is 55.6 Å². The molecule has 0 atom stereocenters. The van der Waals surface area contributed by atoms with Crippen molar-refractivity contribution in [2.45, 2.75) is 65.0 Å². The van der Waals surface area contributed by atoms with Gasteiger partial charge in [0.25, 0.3) is 0 Å². The summed E-state index contributed by atoms with van der Waals surface area (Å²) >= 11 is 1.69. The number of aliphatic imine (C=N–C) groups is 1. The second-order valence-electron chi connectivity index (χ2n) is 8.35. The van der Waals surface area contributed by atoms with Crippen molar-refractivity contribution in [1.82, 2.24) is 25.8 Å². The molecule has 0 aliphatic carbocycles. The highest BCUT2D eigenvalue weighted by atomic mass is 127. The third kappa shape index (κ3) is 9.17. The Balaban J connectivity index is 0.00000420. The number of carbonyl (C=O) groups excluding carboxylic acids is 1. The predicted molar refractivity (Wildman–Crippen MR) is 132 cm³/mol. The first-order valence-electron chi connectivity index (χ1n) is 10.2. The third-order valence-electron chi connectivity index (χ3n) is 4.82. The Morgan fingerprint density at radius 3 is 2.55 bits per heavy atom. The number of piperidine rings is 1. The minimum Gasteiger partial charge on any atom is -0.355 e. The molecule has 1 amide bonds. The predicted octanol–water partition coefficient (Wildman–Crippen LogP) is 2.71. The van der Waals surface area contributed by atoms with Gasteiger partial charge in [0.1, 0.15) is 5.01 Å². The van der Waals surface area contributed by atoms with Crippen molar-refractivity contribution in [1.29, 1.82) is 0 Å². The van der Waals surface area contributed by atoms with Gasteiger partial charge in [-0.05, 0) is 19.3 Å². The Labute approximate surface area is 196 Å². The van der Waals surface area contributed by atoms with Crippen LogP contribution in [0.5, 0.6) is 0 Å². The van der Waals surface area contributed by atoms with Crippen LogP contribution in [0.4, 0.5) is 0 Å². The summed E-state index contributed by atoms with van der Waals surface area (Å²) in [4.78, 5) is 23.2. The highest BCUT2D eigenvalue weighted by Gasteiger charge is 2.22. The normalized spacial score (nSPS) is 16.2. The number of halogens is 1. The van der Waals surface area contributed by atoms with E-state index < -0.39 is 0 Å². The van der Waals surface area contributed by atoms with Gasteiger partial charge >= 0.3 is 0 Å². The molecule has 0 bridgehead atoms. The van der Waals surface area contributed by atoms with Crippen molar-refractivity contribution in [2.75, 3.05) is 33.2 Å². The van der Waals surface area contributed by atoms with Crippen LogP contribution >= 0.6 is 35.3 Å². The van der Waals surface area contributed by atoms with Crippen molar-refractivity contribution in [3.8, 4) is 0 Å². The number of likely N-dealkylation sites (tertiary alicyclic amines) is 1. The van der Waals surface area contributed by atoms with Gasteiger partial charge in [-0.3, -0.25) is 14.7 Å². The molecular weight excluding hydrogens is 499 g/mol. The maximum Gasteiger partial charge on any atom is 0.234 e. The third-order valence-corrected chi connectivity index (χ3v) is 5.67. The van der Waals surface area contributed by atoms with Gasteiger partial charge < -0.3 is 16.0 Å². The SMILES string of the molecule is CCCNC(=O)CN1CCC(NC(=NC)NCc2nc(C(C)(C)C)cs2)CC1.I. The molecule has 1 aliphatic rings. The van der Waals surface area contributed by atoms with Crippen molar-refractivity contribution >= 4 is 47.2 Å². The first-order valence-corrected chi connectivity index (χ1v) is 11.1. The van der Waals surface area contributed by atoms with Crippen LogP contribution in [-0.2, 0) is 16.8 Å². The van der Waals surface area contributed by atoms with Crippen molar-refractivity contribution < 1.29 is 4.79 Å². The lowest BCUT2D eigenvalue weighted by molar-refractivity contribution is -0.122. The molecule has 2 rings (SSSR count). The van der Waals surface area contributed by atoms with Gasteiger partial charge in [0.15, 0.2) is 5.96 Å². The average molecular weight is 537 g/mol. The maximum atomic E-state index is 11.9. The van der Waals surface area contributed by atoms with Crippen LogP contribution in [0.25, 0.3) is 0 Å². The molecule has 7 nitrogen and oxygen atoms in total. The number of aromatic nitrogens is 1. The molecule has 1 saturated heterocycles. The highest BCUT2D eigenvalue weighted by molar-refractivity contribution is 14.0. The summed E-state index contributed by atoms with van der Waals surface area (Å²) in [6, 6.07) is 0.377. The van der Waals surface area contributed by atoms with E-state index in [9.17, 15) is 4.79 Å². The Bertz CT molecular complexity index is 650. The lowest BCUT2D eigenvalue weighted by Gasteiger charge is -2.32. The second-order valence-corrected chi connectivity index (χ2v) is 9.29. The second kappa shape index (κ2) is 12.7. The number of hydrogen-bond acceptors (Lipinski definition) is 5. The van der Waals surface area contributed by atoms with Gasteiger partial charge in [0.2, 0.25) is 5.91 Å². The molecule has 1 fully saturated rings. The lowest BCUT2D eigenvalue weighted by atomic mass is 9.93. The van der Waals surface area contributed by atoms with Crippen molar-refractivity contribution in [3.63, 3.8) is 0 Å². The van der Waals surface area contributed by atoms with E-state index in [1.165, 1.54) is 0 Å². The van der Waals surface area contributed by atoms with E-state index in [4.69, 9.17) is 4.98 Å². The topological polar surface area (TPSA) is 81.7 Å². The zero-order valence-corrected chi connectivity index (χ0v) is 21.5. The Morgan fingerprint density at radius 2 is 2.00 bits per heavy atom. The molecule has 29 heavy (non-hydrogen) atoms. The molecule has 0 aromatic carbocycles. The van der Waals surface area contributed by atoms with E-state index >= 15 is 0 Å². The highest BCUT2D eigenvalue weighted by Crippen LogP contribution is 2.23. The largest absolute Gasteiger partial charge is 0.355 e. The summed E-state index contributed by atoms with van der Waals surface area (Å²) in [5.41, 5.74) is 1.21. The molecule has 0 spiro atoms. The zero-order valence-electron chi connectivity index (χ0n) is 18.4. The van der Waals surface area contributed by atoms with Crippen LogP contribution in [0.1, 0.15) is 57.7 Å². The minimum absolute atomic E-state index is 0. The Hall–Kier alpha value is -0.940. The lowest BCUT2D eigenvalue weighted by Crippen LogP contribution is -2.50. The van der Waals surface area contributed by atoms with Gasteiger partial charge in [0.05, 0.1) is 18.8 Å². The quantitative estimate of drug-likeness (QED) is 0.284. The molecule has 166 valence electrons. The van der Waals surface area contributed by atoms with Crippen LogP contribution in [0.15, 0.2) is 10.4 Å². The molecular formula is C20H37IN6OS. The number of guanidine groups is 1. The summed E-state index contributed by atoms with van der Waals surface area (Å²) in [5, 5.41) is 13.0. The van der Waals surface area contributed by atoms with Crippen LogP contribution in [-0.4, -0.2) is 61.0 Å². The monoisotopic (exact) mass is 536 g/mol. The van der Waals surface area contributed by atoms with E-state index in [-0.39, 0.29) is 35.3 Å². The van der Waals surface area contributed by atoms with E-state index in [1.807, 2.05) is 0 Å². The summed E-state index contributed by atoms with van der Waals surface area (Å²) in [5.74, 6) is 0.940. The van der Waals surface area contributed by atoms with Gasteiger partial charge in [-0.1, -0.05) is 27.7 Å². The number of thiazole rings is 1. The molecule has 0 saturated carbocycles. The summed E-state index contributed by atoms with van der Waals surface area (Å²) in [7, 11) is 1.80. The summed E-state index contributed by atoms with van der Waals surface area (Å²) < 4.78 is 0. The molecule has 0 unspecified atom stereocenters. The van der Waals surface area contributed by atoms with Crippen molar-refractivity contribution in [2.24, 2.45) is 4.99 Å². The number of hydrogen-bond donors (Lipinski definition) is 3. The molecule has 3 N–H and O–H groups in total. The number of amides is 1. The van der Waals surface area contributed by atoms with Crippen LogP contribution in [0, 0.1) is 0 Å². The standard InChI is InChI=1S/C20H36N6OS.HI/c1-6-9-22-17(27)13-26-10-7-15(8-11-26)24-19(21-5)23-12-18-25-16(14-28-18)20(2,3)4;/h14-15H,6-13H2,1-5H3,(H,22,27)(H2,21,23,24);1H. The number of rotatable bonds is 7. The van der Waals surface area contributed by atoms with E-state index in [1.54, 1.807) is 18.4 Å². The first kappa shape index (κ1) is 26.1. The molecule has 1 aromatic rings. The first-order chi connectivity index (χ1) is 13.3. The van der Waals surface area contributed by atoms with Gasteiger partial charge in [0, 0.05) is 43.5 Å². The van der Waals surface area contributed by atoms with Gasteiger partial charge in [-0.2, -0.15) is 0 Å². The Morgan fingerprint density at radius 1 is 1.31 bits per heavy atom. The van der Waals surface area contributed by atoms with Crippen LogP contribution in [0.2, 0.25) is 0 Å². The van der Waals surface area contributed by atoms with E-state index in [0.29, 0.717) is 19.1 Å². The van der Waals surface area contributed by atoms with Gasteiger partial charge in [-0.25, -0.2) is 4.98 Å². The van der Waals surface area contributed by atoms with Crippen LogP contribution in [0.3, 0.4) is 0 Å². The maximum absolute atomic E-state index is 11.9. The smallest absolute Gasteiger partial charge is 0.234 e. The minimum atomic E-state index is 0. The van der Waals surface area contributed by atoms with Crippen LogP contribution < -0.4 is 16.0 Å². The summed E-state index contributed by atoms with van der Waals surface area (Å²) in [6.07, 6.45) is 2.99. The fraction of sp³-hybridized carbons (Fsp3) is 0.750. The van der Waals surface area contributed by atoms with E-state index in [2.05, 4.69) is 58.9 Å². The van der Waals surface area contributed by atoms with Gasteiger partial charge in [-0.15, -0.1) is 35.3 Å². The molecule has 2 heterocycles. The molecule has 0 radical (unpaired) electrons. The zero-order chi connectivity index (χ0) is 20.6. The summed E-state index contributed by atoms with van der Waals surface area (Å²) in [6.45, 7) is 12.4. The average Bonchev–Trinajstić information content (AvgIpc) is 3.14. The number of nitrogens with zero attached hydrogens (tertiary/aromatic N) is 3. The Kier molecular flexibility index (Phi) is 11.4. The number of nitrogens with one attached hydrogen (secondary N) is 3. The fourth-order valence-electron chi connectivity index (χ4n) is 3.04. The fourth-order valence-corrected chi connectivity index (χ4v) is 4.00. The van der Waals surface area contributed by atoms with Crippen molar-refractivity contribution in [3.05, 3.63) is 16.1 Å².